The molecule has 12 heteroatoms. The first-order valence-corrected chi connectivity index (χ1v) is 9.58. The van der Waals surface area contributed by atoms with Crippen molar-refractivity contribution in [2.75, 3.05) is 24.3 Å². The van der Waals surface area contributed by atoms with Gasteiger partial charge in [0.1, 0.15) is 24.6 Å². The van der Waals surface area contributed by atoms with Crippen LogP contribution in [0.15, 0.2) is 36.9 Å². The molecule has 31 heavy (non-hydrogen) atoms. The van der Waals surface area contributed by atoms with Crippen molar-refractivity contribution < 1.29 is 24.9 Å². The molecule has 12 nitrogen and oxygen atoms in total. The minimum absolute atomic E-state index is 0.201. The SMILES string of the molecule is CNC(=O)N(Cc1ccc(N)cc1)c1ncnc2c1ncn2[C@@H]1O[C@H](CO)[C@@H](O)[C@H]1O. The molecule has 0 radical (unpaired) electrons. The molecule has 0 bridgehead atoms. The number of rotatable bonds is 5. The van der Waals surface area contributed by atoms with Gasteiger partial charge in [-0.1, -0.05) is 12.1 Å². The van der Waals surface area contributed by atoms with E-state index in [1.807, 2.05) is 0 Å². The van der Waals surface area contributed by atoms with Crippen LogP contribution in [0.2, 0.25) is 0 Å². The maximum atomic E-state index is 12.6. The Kier molecular flexibility index (Phi) is 5.69. The Hall–Kier alpha value is -3.32. The Morgan fingerprint density at radius 3 is 2.61 bits per heavy atom. The number of aliphatic hydroxyl groups excluding tert-OH is 3. The van der Waals surface area contributed by atoms with Crippen molar-refractivity contribution >= 4 is 28.7 Å². The van der Waals surface area contributed by atoms with E-state index in [1.165, 1.54) is 29.2 Å². The summed E-state index contributed by atoms with van der Waals surface area (Å²) < 4.78 is 7.01. The summed E-state index contributed by atoms with van der Waals surface area (Å²) in [6, 6.07) is 6.69. The summed E-state index contributed by atoms with van der Waals surface area (Å²) in [5, 5.41) is 32.3. The fourth-order valence-corrected chi connectivity index (χ4v) is 3.52. The summed E-state index contributed by atoms with van der Waals surface area (Å²) in [5.74, 6) is 0.256. The molecule has 1 fully saturated rings. The van der Waals surface area contributed by atoms with Crippen LogP contribution in [-0.4, -0.2) is 72.8 Å². The molecule has 0 aliphatic carbocycles. The third-order valence-corrected chi connectivity index (χ3v) is 5.17. The highest BCUT2D eigenvalue weighted by Gasteiger charge is 2.44. The van der Waals surface area contributed by atoms with E-state index in [1.54, 1.807) is 24.3 Å². The molecule has 6 N–H and O–H groups in total. The number of urea groups is 1. The lowest BCUT2D eigenvalue weighted by Gasteiger charge is -2.22. The number of hydrogen-bond acceptors (Lipinski definition) is 9. The van der Waals surface area contributed by atoms with E-state index in [2.05, 4.69) is 20.3 Å². The fourth-order valence-electron chi connectivity index (χ4n) is 3.52. The highest BCUT2D eigenvalue weighted by atomic mass is 16.6. The van der Waals surface area contributed by atoms with Gasteiger partial charge >= 0.3 is 6.03 Å². The zero-order chi connectivity index (χ0) is 22.1. The van der Waals surface area contributed by atoms with Crippen molar-refractivity contribution in [1.29, 1.82) is 0 Å². The van der Waals surface area contributed by atoms with Gasteiger partial charge in [0.25, 0.3) is 0 Å². The first kappa shape index (κ1) is 20.9. The number of benzene rings is 1. The van der Waals surface area contributed by atoms with Crippen molar-refractivity contribution in [3.8, 4) is 0 Å². The second kappa shape index (κ2) is 8.43. The summed E-state index contributed by atoms with van der Waals surface area (Å²) in [6.45, 7) is -0.250. The smallest absolute Gasteiger partial charge is 0.323 e. The summed E-state index contributed by atoms with van der Waals surface area (Å²) >= 11 is 0. The van der Waals surface area contributed by atoms with E-state index in [-0.39, 0.29) is 12.4 Å². The molecule has 0 unspecified atom stereocenters. The molecule has 0 saturated carbocycles. The zero-order valence-corrected chi connectivity index (χ0v) is 16.7. The maximum absolute atomic E-state index is 12.6. The Bertz CT molecular complexity index is 1070. The number of anilines is 2. The Balaban J connectivity index is 1.73. The normalized spacial score (nSPS) is 23.2. The van der Waals surface area contributed by atoms with Gasteiger partial charge in [-0.25, -0.2) is 19.7 Å². The van der Waals surface area contributed by atoms with Crippen molar-refractivity contribution in [1.82, 2.24) is 24.8 Å². The molecule has 164 valence electrons. The highest BCUT2D eigenvalue weighted by molar-refractivity contribution is 5.97. The number of carbonyl (C=O) groups excluding carboxylic acids is 1. The predicted molar refractivity (Wildman–Crippen MR) is 110 cm³/mol. The summed E-state index contributed by atoms with van der Waals surface area (Å²) in [4.78, 5) is 26.8. The summed E-state index contributed by atoms with van der Waals surface area (Å²) in [5.41, 5.74) is 7.78. The molecule has 2 amide bonds. The van der Waals surface area contributed by atoms with E-state index in [9.17, 15) is 20.1 Å². The van der Waals surface area contributed by atoms with E-state index in [0.717, 1.165) is 5.56 Å². The van der Waals surface area contributed by atoms with Crippen molar-refractivity contribution in [3.05, 3.63) is 42.5 Å². The van der Waals surface area contributed by atoms with Gasteiger partial charge in [-0.3, -0.25) is 9.47 Å². The number of nitrogens with one attached hydrogen (secondary N) is 1. The number of ether oxygens (including phenoxy) is 1. The molecule has 2 aromatic heterocycles. The molecule has 1 saturated heterocycles. The summed E-state index contributed by atoms with van der Waals surface area (Å²) in [7, 11) is 1.51. The number of fused-ring (bicyclic) bond motifs is 1. The number of nitrogens with zero attached hydrogens (tertiary/aromatic N) is 5. The van der Waals surface area contributed by atoms with Crippen LogP contribution in [0.3, 0.4) is 0 Å². The second-order valence-electron chi connectivity index (χ2n) is 7.13. The molecular weight excluding hydrogens is 406 g/mol. The number of aliphatic hydroxyl groups is 3. The van der Waals surface area contributed by atoms with Crippen LogP contribution in [0.5, 0.6) is 0 Å². The molecule has 3 aromatic rings. The van der Waals surface area contributed by atoms with E-state index in [0.29, 0.717) is 16.9 Å². The van der Waals surface area contributed by atoms with Gasteiger partial charge in [0.05, 0.1) is 19.5 Å². The molecule has 1 aromatic carbocycles. The first-order chi connectivity index (χ1) is 14.9. The number of imidazole rings is 1. The van der Waals surface area contributed by atoms with Crippen molar-refractivity contribution in [2.45, 2.75) is 31.1 Å². The molecule has 1 aliphatic heterocycles. The van der Waals surface area contributed by atoms with Crippen molar-refractivity contribution in [3.63, 3.8) is 0 Å². The maximum Gasteiger partial charge on any atom is 0.323 e. The third-order valence-electron chi connectivity index (χ3n) is 5.17. The van der Waals surface area contributed by atoms with Gasteiger partial charge in [0, 0.05) is 12.7 Å². The molecule has 4 rings (SSSR count). The molecule has 0 spiro atoms. The van der Waals surface area contributed by atoms with E-state index < -0.39 is 37.2 Å². The van der Waals surface area contributed by atoms with Gasteiger partial charge < -0.3 is 31.1 Å². The lowest BCUT2D eigenvalue weighted by molar-refractivity contribution is -0.0511. The van der Waals surface area contributed by atoms with Gasteiger partial charge in [0.2, 0.25) is 0 Å². The minimum Gasteiger partial charge on any atom is -0.399 e. The Morgan fingerprint density at radius 2 is 1.97 bits per heavy atom. The second-order valence-corrected chi connectivity index (χ2v) is 7.13. The molecule has 3 heterocycles. The van der Waals surface area contributed by atoms with Crippen LogP contribution < -0.4 is 16.0 Å². The molecule has 4 atom stereocenters. The van der Waals surface area contributed by atoms with Gasteiger partial charge in [0.15, 0.2) is 23.2 Å². The Morgan fingerprint density at radius 1 is 1.23 bits per heavy atom. The van der Waals surface area contributed by atoms with Gasteiger partial charge in [-0.15, -0.1) is 0 Å². The fraction of sp³-hybridized carbons (Fsp3) is 0.368. The highest BCUT2D eigenvalue weighted by Crippen LogP contribution is 2.33. The van der Waals surface area contributed by atoms with Crippen LogP contribution in [0, 0.1) is 0 Å². The number of nitrogens with two attached hydrogens (primary N) is 1. The number of aromatic nitrogens is 4. The molecule has 1 aliphatic rings. The first-order valence-electron chi connectivity index (χ1n) is 9.58. The van der Waals surface area contributed by atoms with E-state index >= 15 is 0 Å². The zero-order valence-electron chi connectivity index (χ0n) is 16.7. The average molecular weight is 429 g/mol. The van der Waals surface area contributed by atoms with Crippen molar-refractivity contribution in [2.24, 2.45) is 0 Å². The standard InChI is InChI=1S/C19H23N7O5/c1-21-19(30)25(6-10-2-4-11(20)5-3-10)16-13-17(23-8-22-16)26(9-24-13)18-15(29)14(28)12(7-27)31-18/h2-5,8-9,12,14-15,18,27-29H,6-7,20H2,1H3,(H,21,30)/t12-,14-,15-,18-/m1/s1. The number of carbonyl (C=O) groups is 1. The Labute approximate surface area is 176 Å². The number of amides is 2. The monoisotopic (exact) mass is 429 g/mol. The topological polar surface area (TPSA) is 172 Å². The quantitative estimate of drug-likeness (QED) is 0.331. The minimum atomic E-state index is -1.29. The van der Waals surface area contributed by atoms with Crippen LogP contribution in [-0.2, 0) is 11.3 Å². The third kappa shape index (κ3) is 3.77. The lowest BCUT2D eigenvalue weighted by atomic mass is 10.1. The summed E-state index contributed by atoms with van der Waals surface area (Å²) in [6.07, 6.45) is -1.85. The number of nitrogen functional groups attached to an aromatic ring is 1. The van der Waals surface area contributed by atoms with Gasteiger partial charge in [-0.2, -0.15) is 0 Å². The van der Waals surface area contributed by atoms with Crippen LogP contribution in [0.1, 0.15) is 11.8 Å². The van der Waals surface area contributed by atoms with E-state index in [4.69, 9.17) is 10.5 Å². The van der Waals surface area contributed by atoms with Gasteiger partial charge in [-0.05, 0) is 17.7 Å². The lowest BCUT2D eigenvalue weighted by Crippen LogP contribution is -2.38. The average Bonchev–Trinajstić information content (AvgIpc) is 3.34. The van der Waals surface area contributed by atoms with Crippen LogP contribution >= 0.6 is 0 Å². The number of hydrogen-bond donors (Lipinski definition) is 5. The molecular formula is C19H23N7O5. The largest absolute Gasteiger partial charge is 0.399 e. The predicted octanol–water partition coefficient (Wildman–Crippen LogP) is -0.634. The van der Waals surface area contributed by atoms with Crippen LogP contribution in [0.25, 0.3) is 11.2 Å². The van der Waals surface area contributed by atoms with Crippen LogP contribution in [0.4, 0.5) is 16.3 Å².